The predicted molar refractivity (Wildman–Crippen MR) is 82.9 cm³/mol. The number of carbonyl (C=O) groups is 2. The Balaban J connectivity index is 1.83. The molecule has 6 heteroatoms. The fourth-order valence-electron chi connectivity index (χ4n) is 2.37. The Kier molecular flexibility index (Phi) is 4.20. The summed E-state index contributed by atoms with van der Waals surface area (Å²) in [5.74, 6) is -0.883. The lowest BCUT2D eigenvalue weighted by Crippen LogP contribution is -2.35. The number of benzene rings is 1. The highest BCUT2D eigenvalue weighted by molar-refractivity contribution is 7.11. The van der Waals surface area contributed by atoms with Gasteiger partial charge in [-0.3, -0.25) is 9.59 Å². The number of thiazole rings is 1. The van der Waals surface area contributed by atoms with Gasteiger partial charge in [0.2, 0.25) is 0 Å². The van der Waals surface area contributed by atoms with E-state index >= 15 is 0 Å². The minimum absolute atomic E-state index is 0.240. The third kappa shape index (κ3) is 3.33. The number of carboxylic acids is 1. The number of hydrogen-bond acceptors (Lipinski definition) is 4. The van der Waals surface area contributed by atoms with Crippen molar-refractivity contribution in [2.75, 3.05) is 6.54 Å². The first-order chi connectivity index (χ1) is 10.6. The number of amides is 1. The smallest absolute Gasteiger partial charge is 0.323 e. The van der Waals surface area contributed by atoms with Crippen LogP contribution in [0.25, 0.3) is 0 Å². The summed E-state index contributed by atoms with van der Waals surface area (Å²) < 4.78 is 0. The lowest BCUT2D eigenvalue weighted by Gasteiger charge is -2.20. The lowest BCUT2D eigenvalue weighted by atomic mass is 10.2. The van der Waals surface area contributed by atoms with E-state index in [-0.39, 0.29) is 19.0 Å². The van der Waals surface area contributed by atoms with Gasteiger partial charge in [-0.15, -0.1) is 11.3 Å². The normalized spacial score (nSPS) is 13.8. The van der Waals surface area contributed by atoms with E-state index in [2.05, 4.69) is 4.98 Å². The molecule has 0 bridgehead atoms. The Bertz CT molecular complexity index is 680. The summed E-state index contributed by atoms with van der Waals surface area (Å²) in [7, 11) is 0. The largest absolute Gasteiger partial charge is 0.480 e. The second-order valence-corrected chi connectivity index (χ2v) is 6.24. The SMILES string of the molecule is O=C(O)CN(Cc1ccccc1)C(=O)c1scnc1C1CC1. The highest BCUT2D eigenvalue weighted by Gasteiger charge is 2.32. The topological polar surface area (TPSA) is 70.5 Å². The molecule has 114 valence electrons. The number of aliphatic carboxylic acids is 1. The van der Waals surface area contributed by atoms with Crippen molar-refractivity contribution < 1.29 is 14.7 Å². The van der Waals surface area contributed by atoms with Crippen LogP contribution in [-0.2, 0) is 11.3 Å². The van der Waals surface area contributed by atoms with Crippen LogP contribution in [0.4, 0.5) is 0 Å². The molecule has 3 rings (SSSR count). The van der Waals surface area contributed by atoms with Crippen LogP contribution in [0.5, 0.6) is 0 Å². The summed E-state index contributed by atoms with van der Waals surface area (Å²) in [5.41, 5.74) is 3.41. The van der Waals surface area contributed by atoms with Crippen molar-refractivity contribution in [3.63, 3.8) is 0 Å². The van der Waals surface area contributed by atoms with Crippen LogP contribution >= 0.6 is 11.3 Å². The van der Waals surface area contributed by atoms with Crippen molar-refractivity contribution in [2.45, 2.75) is 25.3 Å². The summed E-state index contributed by atoms with van der Waals surface area (Å²) in [6.45, 7) is -0.0241. The number of carboxylic acid groups (broad SMARTS) is 1. The Labute approximate surface area is 132 Å². The number of hydrogen-bond donors (Lipinski definition) is 1. The van der Waals surface area contributed by atoms with Gasteiger partial charge in [-0.2, -0.15) is 0 Å². The van der Waals surface area contributed by atoms with Crippen molar-refractivity contribution in [3.05, 3.63) is 52.0 Å². The molecule has 0 atom stereocenters. The van der Waals surface area contributed by atoms with E-state index in [1.165, 1.54) is 16.2 Å². The van der Waals surface area contributed by atoms with Crippen LogP contribution in [0.15, 0.2) is 35.8 Å². The van der Waals surface area contributed by atoms with Crippen LogP contribution in [0.1, 0.15) is 39.7 Å². The van der Waals surface area contributed by atoms with Gasteiger partial charge in [0, 0.05) is 12.5 Å². The maximum Gasteiger partial charge on any atom is 0.323 e. The summed E-state index contributed by atoms with van der Waals surface area (Å²) in [6, 6.07) is 9.41. The third-order valence-electron chi connectivity index (χ3n) is 3.58. The molecule has 22 heavy (non-hydrogen) atoms. The monoisotopic (exact) mass is 316 g/mol. The molecule has 1 amide bonds. The number of nitrogens with zero attached hydrogens (tertiary/aromatic N) is 2. The van der Waals surface area contributed by atoms with E-state index < -0.39 is 5.97 Å². The summed E-state index contributed by atoms with van der Waals surface area (Å²) in [5, 5.41) is 9.09. The molecular formula is C16H16N2O3S. The average molecular weight is 316 g/mol. The van der Waals surface area contributed by atoms with Crippen molar-refractivity contribution in [2.24, 2.45) is 0 Å². The van der Waals surface area contributed by atoms with Crippen LogP contribution in [-0.4, -0.2) is 33.4 Å². The molecule has 2 aromatic rings. The fourth-order valence-corrected chi connectivity index (χ4v) is 3.21. The molecule has 1 fully saturated rings. The van der Waals surface area contributed by atoms with Gasteiger partial charge in [0.25, 0.3) is 5.91 Å². The zero-order valence-electron chi connectivity index (χ0n) is 11.9. The molecule has 1 N–H and O–H groups in total. The Morgan fingerprint density at radius 3 is 2.64 bits per heavy atom. The molecular weight excluding hydrogens is 300 g/mol. The quantitative estimate of drug-likeness (QED) is 0.889. The van der Waals surface area contributed by atoms with Gasteiger partial charge in [0.1, 0.15) is 11.4 Å². The lowest BCUT2D eigenvalue weighted by molar-refractivity contribution is -0.137. The van der Waals surface area contributed by atoms with Crippen LogP contribution < -0.4 is 0 Å². The van der Waals surface area contributed by atoms with E-state index in [9.17, 15) is 9.59 Å². The van der Waals surface area contributed by atoms with Gasteiger partial charge < -0.3 is 10.0 Å². The maximum absolute atomic E-state index is 12.7. The van der Waals surface area contributed by atoms with E-state index in [0.717, 1.165) is 24.1 Å². The Morgan fingerprint density at radius 1 is 1.27 bits per heavy atom. The van der Waals surface area contributed by atoms with Crippen LogP contribution in [0.3, 0.4) is 0 Å². The molecule has 0 radical (unpaired) electrons. The molecule has 1 aliphatic carbocycles. The average Bonchev–Trinajstić information content (AvgIpc) is 3.23. The molecule has 1 heterocycles. The minimum Gasteiger partial charge on any atom is -0.480 e. The summed E-state index contributed by atoms with van der Waals surface area (Å²) in [6.07, 6.45) is 2.11. The van der Waals surface area contributed by atoms with Gasteiger partial charge in [-0.1, -0.05) is 30.3 Å². The first-order valence-electron chi connectivity index (χ1n) is 7.13. The van der Waals surface area contributed by atoms with Crippen molar-refractivity contribution >= 4 is 23.2 Å². The molecule has 1 aliphatic rings. The molecule has 1 aromatic carbocycles. The third-order valence-corrected chi connectivity index (χ3v) is 4.41. The molecule has 1 saturated carbocycles. The maximum atomic E-state index is 12.7. The molecule has 0 saturated heterocycles. The van der Waals surface area contributed by atoms with E-state index in [0.29, 0.717) is 10.8 Å². The van der Waals surface area contributed by atoms with E-state index in [4.69, 9.17) is 5.11 Å². The summed E-state index contributed by atoms with van der Waals surface area (Å²) >= 11 is 1.30. The van der Waals surface area contributed by atoms with Gasteiger partial charge in [0.05, 0.1) is 11.2 Å². The van der Waals surface area contributed by atoms with Crippen LogP contribution in [0, 0.1) is 0 Å². The van der Waals surface area contributed by atoms with Crippen molar-refractivity contribution in [3.8, 4) is 0 Å². The minimum atomic E-state index is -1.01. The second-order valence-electron chi connectivity index (χ2n) is 5.38. The molecule has 0 aliphatic heterocycles. The molecule has 0 spiro atoms. The fraction of sp³-hybridized carbons (Fsp3) is 0.312. The highest BCUT2D eigenvalue weighted by Crippen LogP contribution is 2.42. The standard InChI is InChI=1S/C16H16N2O3S/c19-13(20)9-18(8-11-4-2-1-3-5-11)16(21)15-14(12-6-7-12)17-10-22-15/h1-5,10,12H,6-9H2,(H,19,20). The molecule has 5 nitrogen and oxygen atoms in total. The number of rotatable bonds is 6. The Hall–Kier alpha value is -2.21. The first kappa shape index (κ1) is 14.7. The molecule has 0 unspecified atom stereocenters. The molecule has 1 aromatic heterocycles. The van der Waals surface area contributed by atoms with E-state index in [1.807, 2.05) is 30.3 Å². The number of carbonyl (C=O) groups excluding carboxylic acids is 1. The van der Waals surface area contributed by atoms with Crippen molar-refractivity contribution in [1.29, 1.82) is 0 Å². The first-order valence-corrected chi connectivity index (χ1v) is 8.01. The number of aromatic nitrogens is 1. The van der Waals surface area contributed by atoms with Crippen LogP contribution in [0.2, 0.25) is 0 Å². The Morgan fingerprint density at radius 2 is 2.00 bits per heavy atom. The highest BCUT2D eigenvalue weighted by atomic mass is 32.1. The van der Waals surface area contributed by atoms with Gasteiger partial charge in [-0.05, 0) is 18.4 Å². The zero-order valence-corrected chi connectivity index (χ0v) is 12.8. The second kappa shape index (κ2) is 6.27. The van der Waals surface area contributed by atoms with Crippen molar-refractivity contribution in [1.82, 2.24) is 9.88 Å². The van der Waals surface area contributed by atoms with Gasteiger partial charge in [-0.25, -0.2) is 4.98 Å². The van der Waals surface area contributed by atoms with E-state index in [1.54, 1.807) is 5.51 Å². The zero-order chi connectivity index (χ0) is 15.5. The van der Waals surface area contributed by atoms with Gasteiger partial charge >= 0.3 is 5.97 Å². The van der Waals surface area contributed by atoms with Gasteiger partial charge in [0.15, 0.2) is 0 Å². The predicted octanol–water partition coefficient (Wildman–Crippen LogP) is 2.75. The summed E-state index contributed by atoms with van der Waals surface area (Å²) in [4.78, 5) is 30.1.